The molecule has 98 valence electrons. The summed E-state index contributed by atoms with van der Waals surface area (Å²) in [6.07, 6.45) is 2.86. The Bertz CT molecular complexity index is 262. The molecule has 1 aliphatic heterocycles. The molecule has 0 radical (unpaired) electrons. The number of likely N-dealkylation sites (tertiary alicyclic amines) is 1. The maximum atomic E-state index is 11.5. The summed E-state index contributed by atoms with van der Waals surface area (Å²) in [4.78, 5) is 24.3. The number of amides is 1. The first-order chi connectivity index (χ1) is 8.08. The minimum Gasteiger partial charge on any atom is -0.481 e. The van der Waals surface area contributed by atoms with Crippen molar-refractivity contribution in [3.63, 3.8) is 0 Å². The van der Waals surface area contributed by atoms with Crippen LogP contribution in [0.4, 0.5) is 0 Å². The third-order valence-corrected chi connectivity index (χ3v) is 3.01. The van der Waals surface area contributed by atoms with Crippen LogP contribution in [0, 0.1) is 5.92 Å². The highest BCUT2D eigenvalue weighted by Gasteiger charge is 2.14. The Morgan fingerprint density at radius 3 is 2.53 bits per heavy atom. The number of carboxylic acids is 1. The van der Waals surface area contributed by atoms with Crippen LogP contribution in [-0.4, -0.2) is 48.1 Å². The maximum absolute atomic E-state index is 11.5. The largest absolute Gasteiger partial charge is 0.481 e. The van der Waals surface area contributed by atoms with E-state index in [1.807, 2.05) is 0 Å². The Morgan fingerprint density at radius 1 is 1.29 bits per heavy atom. The van der Waals surface area contributed by atoms with Crippen molar-refractivity contribution < 1.29 is 14.7 Å². The lowest BCUT2D eigenvalue weighted by atomic mass is 10.0. The van der Waals surface area contributed by atoms with Crippen LogP contribution in [0.1, 0.15) is 32.6 Å². The molecule has 2 N–H and O–H groups in total. The highest BCUT2D eigenvalue weighted by Crippen LogP contribution is 2.07. The molecular weight excluding hydrogens is 220 g/mol. The van der Waals surface area contributed by atoms with Crippen molar-refractivity contribution in [2.75, 3.05) is 26.2 Å². The summed E-state index contributed by atoms with van der Waals surface area (Å²) in [5.74, 6) is -0.986. The lowest BCUT2D eigenvalue weighted by molar-refractivity contribution is -0.138. The minimum atomic E-state index is -0.845. The van der Waals surface area contributed by atoms with Gasteiger partial charge in [0.2, 0.25) is 5.91 Å². The second kappa shape index (κ2) is 7.27. The van der Waals surface area contributed by atoms with Crippen LogP contribution in [0.15, 0.2) is 0 Å². The zero-order valence-corrected chi connectivity index (χ0v) is 10.4. The highest BCUT2D eigenvalue weighted by molar-refractivity contribution is 5.77. The summed E-state index contributed by atoms with van der Waals surface area (Å²) in [7, 11) is 0. The Balaban J connectivity index is 2.05. The lowest BCUT2D eigenvalue weighted by Crippen LogP contribution is -2.34. The molecule has 0 aromatic rings. The van der Waals surface area contributed by atoms with Gasteiger partial charge in [-0.3, -0.25) is 9.59 Å². The van der Waals surface area contributed by atoms with Crippen molar-refractivity contribution in [1.29, 1.82) is 0 Å². The maximum Gasteiger partial charge on any atom is 0.303 e. The molecule has 1 unspecified atom stereocenters. The molecule has 1 amide bonds. The number of rotatable bonds is 7. The van der Waals surface area contributed by atoms with Gasteiger partial charge in [0, 0.05) is 25.9 Å². The van der Waals surface area contributed by atoms with E-state index in [0.29, 0.717) is 13.0 Å². The Labute approximate surface area is 102 Å². The van der Waals surface area contributed by atoms with Gasteiger partial charge in [0.25, 0.3) is 0 Å². The topological polar surface area (TPSA) is 69.6 Å². The normalized spacial score (nSPS) is 17.9. The van der Waals surface area contributed by atoms with Gasteiger partial charge in [-0.25, -0.2) is 0 Å². The van der Waals surface area contributed by atoms with Crippen molar-refractivity contribution in [2.24, 2.45) is 5.92 Å². The first kappa shape index (κ1) is 14.0. The van der Waals surface area contributed by atoms with E-state index in [-0.39, 0.29) is 18.2 Å². The Morgan fingerprint density at radius 2 is 1.94 bits per heavy atom. The van der Waals surface area contributed by atoms with Gasteiger partial charge in [-0.1, -0.05) is 6.92 Å². The van der Waals surface area contributed by atoms with Crippen molar-refractivity contribution in [2.45, 2.75) is 32.6 Å². The molecule has 1 aliphatic rings. The van der Waals surface area contributed by atoms with Gasteiger partial charge in [-0.2, -0.15) is 0 Å². The molecule has 0 spiro atoms. The molecule has 17 heavy (non-hydrogen) atoms. The van der Waals surface area contributed by atoms with Crippen LogP contribution in [0.3, 0.4) is 0 Å². The molecule has 5 nitrogen and oxygen atoms in total. The van der Waals surface area contributed by atoms with Crippen LogP contribution < -0.4 is 5.32 Å². The molecule has 1 atom stereocenters. The summed E-state index contributed by atoms with van der Waals surface area (Å²) in [6, 6.07) is 0. The molecule has 0 aliphatic carbocycles. The summed E-state index contributed by atoms with van der Waals surface area (Å²) < 4.78 is 0. The third kappa shape index (κ3) is 6.26. The van der Waals surface area contributed by atoms with Gasteiger partial charge < -0.3 is 15.3 Å². The van der Waals surface area contributed by atoms with Gasteiger partial charge in [0.15, 0.2) is 0 Å². The Kier molecular flexibility index (Phi) is 5.97. The summed E-state index contributed by atoms with van der Waals surface area (Å²) in [5.41, 5.74) is 0. The van der Waals surface area contributed by atoms with Crippen LogP contribution in [0.2, 0.25) is 0 Å². The molecule has 0 bridgehead atoms. The van der Waals surface area contributed by atoms with E-state index >= 15 is 0 Å². The Hall–Kier alpha value is -1.10. The highest BCUT2D eigenvalue weighted by atomic mass is 16.4. The standard InChI is InChI=1S/C12H22N2O3/c1-10(9-12(16)17)8-11(15)13-4-7-14-5-2-3-6-14/h10H,2-9H2,1H3,(H,13,15)(H,16,17). The lowest BCUT2D eigenvalue weighted by Gasteiger charge is -2.15. The zero-order valence-electron chi connectivity index (χ0n) is 10.4. The number of carbonyl (C=O) groups is 2. The molecule has 1 rings (SSSR count). The van der Waals surface area contributed by atoms with E-state index in [1.54, 1.807) is 6.92 Å². The molecular formula is C12H22N2O3. The number of carbonyl (C=O) groups excluding carboxylic acids is 1. The number of aliphatic carboxylic acids is 1. The van der Waals surface area contributed by atoms with Crippen LogP contribution in [-0.2, 0) is 9.59 Å². The van der Waals surface area contributed by atoms with E-state index in [9.17, 15) is 9.59 Å². The smallest absolute Gasteiger partial charge is 0.303 e. The predicted octanol–water partition coefficient (Wildman–Crippen LogP) is 0.699. The first-order valence-corrected chi connectivity index (χ1v) is 6.29. The van der Waals surface area contributed by atoms with Gasteiger partial charge in [-0.15, -0.1) is 0 Å². The monoisotopic (exact) mass is 242 g/mol. The van der Waals surface area contributed by atoms with Crippen molar-refractivity contribution >= 4 is 11.9 Å². The molecule has 0 saturated carbocycles. The molecule has 1 fully saturated rings. The number of hydrogen-bond acceptors (Lipinski definition) is 3. The third-order valence-electron chi connectivity index (χ3n) is 3.01. The molecule has 5 heteroatoms. The van der Waals surface area contributed by atoms with E-state index in [4.69, 9.17) is 5.11 Å². The van der Waals surface area contributed by atoms with Crippen molar-refractivity contribution in [3.05, 3.63) is 0 Å². The van der Waals surface area contributed by atoms with Crippen LogP contribution in [0.25, 0.3) is 0 Å². The van der Waals surface area contributed by atoms with Crippen LogP contribution >= 0.6 is 0 Å². The predicted molar refractivity (Wildman–Crippen MR) is 64.7 cm³/mol. The fourth-order valence-corrected chi connectivity index (χ4v) is 2.12. The minimum absolute atomic E-state index is 0.0436. The van der Waals surface area contributed by atoms with E-state index in [0.717, 1.165) is 19.6 Å². The molecule has 0 aromatic carbocycles. The fourth-order valence-electron chi connectivity index (χ4n) is 2.12. The van der Waals surface area contributed by atoms with Gasteiger partial charge in [0.1, 0.15) is 0 Å². The van der Waals surface area contributed by atoms with Crippen molar-refractivity contribution in [3.8, 4) is 0 Å². The number of nitrogens with one attached hydrogen (secondary N) is 1. The summed E-state index contributed by atoms with van der Waals surface area (Å²) >= 11 is 0. The van der Waals surface area contributed by atoms with E-state index < -0.39 is 5.97 Å². The van der Waals surface area contributed by atoms with Crippen molar-refractivity contribution in [1.82, 2.24) is 10.2 Å². The summed E-state index contributed by atoms with van der Waals surface area (Å²) in [5, 5.41) is 11.4. The van der Waals surface area contributed by atoms with Crippen LogP contribution in [0.5, 0.6) is 0 Å². The average molecular weight is 242 g/mol. The van der Waals surface area contributed by atoms with Gasteiger partial charge in [0.05, 0.1) is 0 Å². The van der Waals surface area contributed by atoms with E-state index in [2.05, 4.69) is 10.2 Å². The number of carboxylic acid groups (broad SMARTS) is 1. The van der Waals surface area contributed by atoms with Gasteiger partial charge in [-0.05, 0) is 31.8 Å². The SMILES string of the molecule is CC(CC(=O)O)CC(=O)NCCN1CCCC1. The quantitative estimate of drug-likeness (QED) is 0.689. The van der Waals surface area contributed by atoms with Gasteiger partial charge >= 0.3 is 5.97 Å². The number of nitrogens with zero attached hydrogens (tertiary/aromatic N) is 1. The molecule has 0 aromatic heterocycles. The fraction of sp³-hybridized carbons (Fsp3) is 0.833. The average Bonchev–Trinajstić information content (AvgIpc) is 2.68. The summed E-state index contributed by atoms with van der Waals surface area (Å²) in [6.45, 7) is 5.61. The first-order valence-electron chi connectivity index (χ1n) is 6.29. The zero-order chi connectivity index (χ0) is 12.7. The second-order valence-electron chi connectivity index (χ2n) is 4.81. The second-order valence-corrected chi connectivity index (χ2v) is 4.81. The van der Waals surface area contributed by atoms with E-state index in [1.165, 1.54) is 12.8 Å². The molecule has 1 heterocycles. The molecule has 1 saturated heterocycles. The number of hydrogen-bond donors (Lipinski definition) is 2.